The third kappa shape index (κ3) is 5.30. The Hall–Kier alpha value is -2.30. The fourth-order valence-corrected chi connectivity index (χ4v) is 2.13. The lowest BCUT2D eigenvalue weighted by Crippen LogP contribution is -2.30. The molecule has 0 aromatic heterocycles. The number of benzene rings is 1. The molecule has 112 valence electrons. The highest BCUT2D eigenvalue weighted by atomic mass is 16.6. The van der Waals surface area contributed by atoms with Gasteiger partial charge < -0.3 is 14.8 Å². The Morgan fingerprint density at radius 3 is 2.29 bits per heavy atom. The smallest absolute Gasteiger partial charge is 0.407 e. The second kappa shape index (κ2) is 7.47. The lowest BCUT2D eigenvalue weighted by molar-refractivity contribution is -0.144. The predicted molar refractivity (Wildman–Crippen MR) is 77.5 cm³/mol. The number of esters is 1. The van der Waals surface area contributed by atoms with Gasteiger partial charge in [-0.1, -0.05) is 30.3 Å². The first-order valence-electron chi connectivity index (χ1n) is 6.97. The largest absolute Gasteiger partial charge is 0.458 e. The first-order chi connectivity index (χ1) is 10.1. The van der Waals surface area contributed by atoms with Crippen molar-refractivity contribution in [3.05, 3.63) is 48.0 Å². The third-order valence-corrected chi connectivity index (χ3v) is 3.13. The standard InChI is InChI=1S/C16H19NO4/c1-12(18)20-14-7-9-15(10-8-14)21-16(19)17-11-13-5-3-2-4-6-13/h2-7,9,14-15H,8,10-11H2,1H3,(H,17,19)/t14-,15?/m1/s1. The molecule has 0 bridgehead atoms. The fraction of sp³-hybridized carbons (Fsp3) is 0.375. The van der Waals surface area contributed by atoms with Gasteiger partial charge in [-0.25, -0.2) is 4.79 Å². The van der Waals surface area contributed by atoms with E-state index in [-0.39, 0.29) is 18.2 Å². The van der Waals surface area contributed by atoms with E-state index in [2.05, 4.69) is 5.32 Å². The fourth-order valence-electron chi connectivity index (χ4n) is 2.13. The molecule has 1 N–H and O–H groups in total. The summed E-state index contributed by atoms with van der Waals surface area (Å²) >= 11 is 0. The Morgan fingerprint density at radius 2 is 1.71 bits per heavy atom. The van der Waals surface area contributed by atoms with Gasteiger partial charge in [0.15, 0.2) is 0 Å². The van der Waals surface area contributed by atoms with Gasteiger partial charge in [0.2, 0.25) is 0 Å². The van der Waals surface area contributed by atoms with Gasteiger partial charge in [0.25, 0.3) is 0 Å². The van der Waals surface area contributed by atoms with Crippen molar-refractivity contribution in [1.82, 2.24) is 5.32 Å². The van der Waals surface area contributed by atoms with Gasteiger partial charge >= 0.3 is 12.1 Å². The van der Waals surface area contributed by atoms with Gasteiger partial charge in [0, 0.05) is 13.5 Å². The van der Waals surface area contributed by atoms with Crippen molar-refractivity contribution in [3.63, 3.8) is 0 Å². The molecule has 2 atom stereocenters. The zero-order chi connectivity index (χ0) is 15.1. The summed E-state index contributed by atoms with van der Waals surface area (Å²) in [5.74, 6) is -0.301. The van der Waals surface area contributed by atoms with E-state index >= 15 is 0 Å². The molecule has 1 aromatic rings. The van der Waals surface area contributed by atoms with Crippen LogP contribution in [0.15, 0.2) is 42.5 Å². The number of hydrogen-bond acceptors (Lipinski definition) is 4. The molecule has 0 heterocycles. The molecular formula is C16H19NO4. The minimum atomic E-state index is -0.445. The number of carbonyl (C=O) groups excluding carboxylic acids is 2. The van der Waals surface area contributed by atoms with Crippen LogP contribution in [0.25, 0.3) is 0 Å². The van der Waals surface area contributed by atoms with E-state index in [1.165, 1.54) is 6.92 Å². The Bertz CT molecular complexity index is 512. The van der Waals surface area contributed by atoms with Crippen LogP contribution in [0.1, 0.15) is 25.3 Å². The predicted octanol–water partition coefficient (Wildman–Crippen LogP) is 2.56. The molecular weight excluding hydrogens is 270 g/mol. The molecule has 1 aliphatic rings. The number of hydrogen-bond donors (Lipinski definition) is 1. The van der Waals surface area contributed by atoms with Crippen molar-refractivity contribution >= 4 is 12.1 Å². The summed E-state index contributed by atoms with van der Waals surface area (Å²) in [7, 11) is 0. The van der Waals surface area contributed by atoms with Gasteiger partial charge in [-0.05, 0) is 30.6 Å². The highest BCUT2D eigenvalue weighted by Gasteiger charge is 2.20. The van der Waals surface area contributed by atoms with Crippen LogP contribution in [0.5, 0.6) is 0 Å². The van der Waals surface area contributed by atoms with E-state index in [9.17, 15) is 9.59 Å². The number of carbonyl (C=O) groups is 2. The SMILES string of the molecule is CC(=O)O[C@@H]1C=CC(OC(=O)NCc2ccccc2)CC1. The van der Waals surface area contributed by atoms with E-state index in [0.717, 1.165) is 5.56 Å². The van der Waals surface area contributed by atoms with E-state index in [4.69, 9.17) is 9.47 Å². The van der Waals surface area contributed by atoms with Crippen LogP contribution < -0.4 is 5.32 Å². The third-order valence-electron chi connectivity index (χ3n) is 3.13. The van der Waals surface area contributed by atoms with Crippen molar-refractivity contribution < 1.29 is 19.1 Å². The second-order valence-corrected chi connectivity index (χ2v) is 4.89. The van der Waals surface area contributed by atoms with E-state index < -0.39 is 6.09 Å². The lowest BCUT2D eigenvalue weighted by Gasteiger charge is -2.22. The molecule has 0 saturated heterocycles. The quantitative estimate of drug-likeness (QED) is 0.683. The summed E-state index contributed by atoms with van der Waals surface area (Å²) in [5, 5.41) is 2.71. The summed E-state index contributed by atoms with van der Waals surface area (Å²) in [5.41, 5.74) is 1.02. The number of rotatable bonds is 4. The molecule has 1 aliphatic carbocycles. The molecule has 1 amide bonds. The Balaban J connectivity index is 1.73. The van der Waals surface area contributed by atoms with Gasteiger partial charge in [0.05, 0.1) is 0 Å². The Labute approximate surface area is 123 Å². The molecule has 0 aliphatic heterocycles. The average Bonchev–Trinajstić information content (AvgIpc) is 2.48. The van der Waals surface area contributed by atoms with E-state index in [0.29, 0.717) is 19.4 Å². The molecule has 1 aromatic carbocycles. The first-order valence-corrected chi connectivity index (χ1v) is 6.97. The normalized spacial score (nSPS) is 20.6. The van der Waals surface area contributed by atoms with Crippen molar-refractivity contribution in [2.24, 2.45) is 0 Å². The summed E-state index contributed by atoms with van der Waals surface area (Å²) < 4.78 is 10.4. The maximum absolute atomic E-state index is 11.7. The highest BCUT2D eigenvalue weighted by molar-refractivity contribution is 5.67. The van der Waals surface area contributed by atoms with Crippen LogP contribution >= 0.6 is 0 Å². The molecule has 2 rings (SSSR count). The maximum atomic E-state index is 11.7. The Morgan fingerprint density at radius 1 is 1.10 bits per heavy atom. The van der Waals surface area contributed by atoms with E-state index in [1.54, 1.807) is 12.2 Å². The summed E-state index contributed by atoms with van der Waals surface area (Å²) in [6.45, 7) is 1.82. The number of alkyl carbamates (subject to hydrolysis) is 1. The zero-order valence-electron chi connectivity index (χ0n) is 12.0. The number of ether oxygens (including phenoxy) is 2. The van der Waals surface area contributed by atoms with Crippen LogP contribution in [0, 0.1) is 0 Å². The molecule has 0 radical (unpaired) electrons. The lowest BCUT2D eigenvalue weighted by atomic mass is 10.0. The van der Waals surface area contributed by atoms with Crippen molar-refractivity contribution in [3.8, 4) is 0 Å². The summed E-state index contributed by atoms with van der Waals surface area (Å²) in [6.07, 6.45) is 3.90. The molecule has 0 fully saturated rings. The van der Waals surface area contributed by atoms with Crippen molar-refractivity contribution in [1.29, 1.82) is 0 Å². The monoisotopic (exact) mass is 289 g/mol. The number of nitrogens with one attached hydrogen (secondary N) is 1. The minimum absolute atomic E-state index is 0.213. The zero-order valence-corrected chi connectivity index (χ0v) is 12.0. The van der Waals surface area contributed by atoms with Crippen LogP contribution in [0.4, 0.5) is 4.79 Å². The molecule has 5 nitrogen and oxygen atoms in total. The van der Waals surface area contributed by atoms with E-state index in [1.807, 2.05) is 30.3 Å². The highest BCUT2D eigenvalue weighted by Crippen LogP contribution is 2.17. The van der Waals surface area contributed by atoms with Gasteiger partial charge in [-0.3, -0.25) is 4.79 Å². The molecule has 5 heteroatoms. The van der Waals surface area contributed by atoms with Gasteiger partial charge in [0.1, 0.15) is 12.2 Å². The van der Waals surface area contributed by atoms with Crippen LogP contribution in [0.2, 0.25) is 0 Å². The summed E-state index contributed by atoms with van der Waals surface area (Å²) in [4.78, 5) is 22.5. The summed E-state index contributed by atoms with van der Waals surface area (Å²) in [6, 6.07) is 9.63. The van der Waals surface area contributed by atoms with Crippen LogP contribution in [-0.4, -0.2) is 24.3 Å². The number of amides is 1. The average molecular weight is 289 g/mol. The molecule has 21 heavy (non-hydrogen) atoms. The van der Waals surface area contributed by atoms with Gasteiger partial charge in [-0.15, -0.1) is 0 Å². The second-order valence-electron chi connectivity index (χ2n) is 4.89. The minimum Gasteiger partial charge on any atom is -0.458 e. The molecule has 0 spiro atoms. The van der Waals surface area contributed by atoms with Gasteiger partial charge in [-0.2, -0.15) is 0 Å². The van der Waals surface area contributed by atoms with Crippen LogP contribution in [0.3, 0.4) is 0 Å². The van der Waals surface area contributed by atoms with Crippen LogP contribution in [-0.2, 0) is 20.8 Å². The molecule has 0 saturated carbocycles. The Kier molecular flexibility index (Phi) is 5.37. The first kappa shape index (κ1) is 15.1. The molecule has 1 unspecified atom stereocenters. The van der Waals surface area contributed by atoms with Crippen molar-refractivity contribution in [2.75, 3.05) is 0 Å². The maximum Gasteiger partial charge on any atom is 0.407 e. The van der Waals surface area contributed by atoms with Crippen molar-refractivity contribution in [2.45, 2.75) is 38.5 Å². The topological polar surface area (TPSA) is 64.6 Å².